The highest BCUT2D eigenvalue weighted by molar-refractivity contribution is 6.30. The van der Waals surface area contributed by atoms with Crippen LogP contribution < -0.4 is 5.32 Å². The number of rotatable bonds is 5. The number of nitrogens with one attached hydrogen (secondary N) is 1. The molecule has 4 nitrogen and oxygen atoms in total. The molecule has 0 unspecified atom stereocenters. The van der Waals surface area contributed by atoms with Crippen molar-refractivity contribution in [2.45, 2.75) is 39.0 Å². The van der Waals surface area contributed by atoms with Crippen molar-refractivity contribution in [2.75, 3.05) is 11.9 Å². The van der Waals surface area contributed by atoms with Gasteiger partial charge in [0, 0.05) is 17.6 Å². The largest absolute Gasteiger partial charge is 0.379 e. The molecule has 2 rings (SSSR count). The van der Waals surface area contributed by atoms with Crippen LogP contribution in [0.3, 0.4) is 0 Å². The number of anilines is 1. The lowest BCUT2D eigenvalue weighted by Gasteiger charge is -2.28. The van der Waals surface area contributed by atoms with Crippen molar-refractivity contribution in [2.24, 2.45) is 5.41 Å². The first kappa shape index (κ1) is 14.1. The van der Waals surface area contributed by atoms with Crippen molar-refractivity contribution >= 4 is 23.0 Å². The van der Waals surface area contributed by atoms with Gasteiger partial charge in [-0.2, -0.15) is 0 Å². The molecule has 0 atom stereocenters. The molecule has 1 fully saturated rings. The minimum atomic E-state index is -0.387. The van der Waals surface area contributed by atoms with Crippen LogP contribution in [0.25, 0.3) is 0 Å². The summed E-state index contributed by atoms with van der Waals surface area (Å²) in [6.07, 6.45) is 6.05. The molecule has 0 aliphatic heterocycles. The summed E-state index contributed by atoms with van der Waals surface area (Å²) < 4.78 is 0. The molecule has 0 saturated heterocycles. The van der Waals surface area contributed by atoms with E-state index >= 15 is 0 Å². The molecular weight excluding hydrogens is 264 g/mol. The Morgan fingerprint density at radius 2 is 2.11 bits per heavy atom. The van der Waals surface area contributed by atoms with E-state index in [0.717, 1.165) is 13.0 Å². The highest BCUT2D eigenvalue weighted by atomic mass is 35.5. The average Bonchev–Trinajstić information content (AvgIpc) is 2.86. The highest BCUT2D eigenvalue weighted by Gasteiger charge is 2.32. The van der Waals surface area contributed by atoms with Crippen LogP contribution in [-0.4, -0.2) is 11.5 Å². The molecule has 1 saturated carbocycles. The van der Waals surface area contributed by atoms with E-state index in [0.29, 0.717) is 16.1 Å². The zero-order chi connectivity index (χ0) is 13.9. The van der Waals surface area contributed by atoms with Gasteiger partial charge in [-0.1, -0.05) is 31.4 Å². The first-order valence-electron chi connectivity index (χ1n) is 6.74. The van der Waals surface area contributed by atoms with Crippen molar-refractivity contribution < 1.29 is 4.92 Å². The topological polar surface area (TPSA) is 55.2 Å². The molecule has 0 spiro atoms. The standard InChI is InChI=1S/C14H19ClN2O2/c1-2-14(7-3-4-8-14)10-16-12-6-5-11(15)9-13(12)17(18)19/h5-6,9,16H,2-4,7-8,10H2,1H3. The van der Waals surface area contributed by atoms with Crippen molar-refractivity contribution in [3.63, 3.8) is 0 Å². The Hall–Kier alpha value is -1.29. The smallest absolute Gasteiger partial charge is 0.293 e. The van der Waals surface area contributed by atoms with E-state index < -0.39 is 0 Å². The summed E-state index contributed by atoms with van der Waals surface area (Å²) in [4.78, 5) is 10.6. The fourth-order valence-corrected chi connectivity index (χ4v) is 3.03. The second-order valence-corrected chi connectivity index (χ2v) is 5.77. The second-order valence-electron chi connectivity index (χ2n) is 5.33. The quantitative estimate of drug-likeness (QED) is 0.633. The lowest BCUT2D eigenvalue weighted by molar-refractivity contribution is -0.383. The summed E-state index contributed by atoms with van der Waals surface area (Å²) >= 11 is 5.81. The molecule has 0 radical (unpaired) electrons. The molecular formula is C14H19ClN2O2. The maximum atomic E-state index is 11.0. The normalized spacial score (nSPS) is 17.4. The van der Waals surface area contributed by atoms with Gasteiger partial charge in [-0.3, -0.25) is 10.1 Å². The van der Waals surface area contributed by atoms with E-state index in [1.807, 2.05) is 0 Å². The lowest BCUT2D eigenvalue weighted by Crippen LogP contribution is -2.26. The highest BCUT2D eigenvalue weighted by Crippen LogP contribution is 2.41. The minimum absolute atomic E-state index is 0.0525. The number of nitro benzene ring substituents is 1. The van der Waals surface area contributed by atoms with Crippen LogP contribution in [0.15, 0.2) is 18.2 Å². The Morgan fingerprint density at radius 3 is 2.68 bits per heavy atom. The molecule has 104 valence electrons. The number of nitro groups is 1. The van der Waals surface area contributed by atoms with Gasteiger partial charge in [0.15, 0.2) is 0 Å². The van der Waals surface area contributed by atoms with Gasteiger partial charge in [0.25, 0.3) is 5.69 Å². The van der Waals surface area contributed by atoms with Gasteiger partial charge in [-0.15, -0.1) is 0 Å². The fraction of sp³-hybridized carbons (Fsp3) is 0.571. The van der Waals surface area contributed by atoms with Crippen LogP contribution in [0.2, 0.25) is 5.02 Å². The number of halogens is 1. The van der Waals surface area contributed by atoms with E-state index in [2.05, 4.69) is 12.2 Å². The molecule has 0 heterocycles. The molecule has 0 bridgehead atoms. The summed E-state index contributed by atoms with van der Waals surface area (Å²) in [5.74, 6) is 0. The Morgan fingerprint density at radius 1 is 1.42 bits per heavy atom. The van der Waals surface area contributed by atoms with Crippen molar-refractivity contribution in [1.82, 2.24) is 0 Å². The van der Waals surface area contributed by atoms with Crippen LogP contribution in [-0.2, 0) is 0 Å². The lowest BCUT2D eigenvalue weighted by atomic mass is 9.83. The second kappa shape index (κ2) is 5.78. The summed E-state index contributed by atoms with van der Waals surface area (Å²) in [6, 6.07) is 4.78. The van der Waals surface area contributed by atoms with Gasteiger partial charge in [0.1, 0.15) is 5.69 Å². The number of hydrogen-bond acceptors (Lipinski definition) is 3. The van der Waals surface area contributed by atoms with Crippen LogP contribution in [0.4, 0.5) is 11.4 Å². The van der Waals surface area contributed by atoms with E-state index in [-0.39, 0.29) is 10.6 Å². The van der Waals surface area contributed by atoms with Crippen LogP contribution >= 0.6 is 11.6 Å². The molecule has 1 aromatic carbocycles. The monoisotopic (exact) mass is 282 g/mol. The minimum Gasteiger partial charge on any atom is -0.379 e. The van der Waals surface area contributed by atoms with Gasteiger partial charge in [0.2, 0.25) is 0 Å². The van der Waals surface area contributed by atoms with Crippen molar-refractivity contribution in [3.05, 3.63) is 33.3 Å². The molecule has 1 aliphatic carbocycles. The van der Waals surface area contributed by atoms with E-state index in [1.165, 1.54) is 31.7 Å². The van der Waals surface area contributed by atoms with Gasteiger partial charge >= 0.3 is 0 Å². The zero-order valence-electron chi connectivity index (χ0n) is 11.1. The third-order valence-corrected chi connectivity index (χ3v) is 4.46. The van der Waals surface area contributed by atoms with Crippen LogP contribution in [0.1, 0.15) is 39.0 Å². The average molecular weight is 283 g/mol. The Bertz CT molecular complexity index is 471. The Kier molecular flexibility index (Phi) is 4.30. The predicted molar refractivity (Wildman–Crippen MR) is 77.8 cm³/mol. The third kappa shape index (κ3) is 3.18. The van der Waals surface area contributed by atoms with E-state index in [4.69, 9.17) is 11.6 Å². The van der Waals surface area contributed by atoms with E-state index in [1.54, 1.807) is 12.1 Å². The number of nitrogens with zero attached hydrogens (tertiary/aromatic N) is 1. The van der Waals surface area contributed by atoms with Gasteiger partial charge in [-0.25, -0.2) is 0 Å². The molecule has 0 aromatic heterocycles. The SMILES string of the molecule is CCC1(CNc2ccc(Cl)cc2[N+](=O)[O-])CCCC1. The summed E-state index contributed by atoms with van der Waals surface area (Å²) in [5, 5.41) is 14.7. The maximum Gasteiger partial charge on any atom is 0.293 e. The number of benzene rings is 1. The molecule has 1 aromatic rings. The molecule has 19 heavy (non-hydrogen) atoms. The first-order chi connectivity index (χ1) is 9.06. The molecule has 0 amide bonds. The Balaban J connectivity index is 2.13. The predicted octanol–water partition coefficient (Wildman–Crippen LogP) is 4.63. The zero-order valence-corrected chi connectivity index (χ0v) is 11.9. The molecule has 1 N–H and O–H groups in total. The Labute approximate surface area is 118 Å². The van der Waals surface area contributed by atoms with Crippen molar-refractivity contribution in [3.8, 4) is 0 Å². The first-order valence-corrected chi connectivity index (χ1v) is 7.12. The van der Waals surface area contributed by atoms with Gasteiger partial charge < -0.3 is 5.32 Å². The summed E-state index contributed by atoms with van der Waals surface area (Å²) in [5.41, 5.74) is 0.916. The summed E-state index contributed by atoms with van der Waals surface area (Å²) in [6.45, 7) is 3.00. The fourth-order valence-electron chi connectivity index (χ4n) is 2.87. The third-order valence-electron chi connectivity index (χ3n) is 4.22. The van der Waals surface area contributed by atoms with Crippen LogP contribution in [0, 0.1) is 15.5 Å². The maximum absolute atomic E-state index is 11.0. The van der Waals surface area contributed by atoms with Crippen molar-refractivity contribution in [1.29, 1.82) is 0 Å². The summed E-state index contributed by atoms with van der Waals surface area (Å²) in [7, 11) is 0. The van der Waals surface area contributed by atoms with Gasteiger partial charge in [-0.05, 0) is 36.8 Å². The molecule has 5 heteroatoms. The van der Waals surface area contributed by atoms with Gasteiger partial charge in [0.05, 0.1) is 4.92 Å². The molecule has 1 aliphatic rings. The van der Waals surface area contributed by atoms with Crippen LogP contribution in [0.5, 0.6) is 0 Å². The van der Waals surface area contributed by atoms with E-state index in [9.17, 15) is 10.1 Å². The number of hydrogen-bond donors (Lipinski definition) is 1.